The molecule has 13 heavy (non-hydrogen) atoms. The van der Waals surface area contributed by atoms with Crippen molar-refractivity contribution in [1.82, 2.24) is 0 Å². The third kappa shape index (κ3) is 2.85. The normalized spacial score (nSPS) is 25.1. The number of cyclic esters (lactones) is 2. The van der Waals surface area contributed by atoms with E-state index in [4.69, 9.17) is 4.55 Å². The van der Waals surface area contributed by atoms with Crippen LogP contribution in [-0.4, -0.2) is 37.1 Å². The second-order valence-corrected chi connectivity index (χ2v) is 4.70. The summed E-state index contributed by atoms with van der Waals surface area (Å²) >= 11 is 0. The fourth-order valence-electron chi connectivity index (χ4n) is 0.973. The Morgan fingerprint density at radius 3 is 2.69 bits per heavy atom. The first-order valence-corrected chi connectivity index (χ1v) is 5.19. The number of carbonyl (C=O) groups is 1. The van der Waals surface area contributed by atoms with E-state index in [1.54, 1.807) is 0 Å². The van der Waals surface area contributed by atoms with E-state index in [-0.39, 0.29) is 13.0 Å². The van der Waals surface area contributed by atoms with Crippen molar-refractivity contribution in [2.75, 3.05) is 6.61 Å². The summed E-state index contributed by atoms with van der Waals surface area (Å²) in [5.74, 6) is 0. The summed E-state index contributed by atoms with van der Waals surface area (Å²) in [4.78, 5) is 10.4. The quantitative estimate of drug-likeness (QED) is 0.528. The number of ether oxygens (including phenoxy) is 2. The molecule has 1 saturated heterocycles. The molecular weight excluding hydrogens is 200 g/mol. The van der Waals surface area contributed by atoms with Crippen LogP contribution in [0.15, 0.2) is 0 Å². The highest BCUT2D eigenvalue weighted by Crippen LogP contribution is 2.15. The molecule has 0 aromatic carbocycles. The standard InChI is InChI=1S/C6H10O6S/c1-4(13(8,9)10)2-5-3-11-6(7)12-5/h4-5H,2-3H2,1H3,(H,8,9,10). The topological polar surface area (TPSA) is 89.9 Å². The van der Waals surface area contributed by atoms with Crippen molar-refractivity contribution in [3.05, 3.63) is 0 Å². The zero-order valence-corrected chi connectivity index (χ0v) is 7.78. The van der Waals surface area contributed by atoms with Gasteiger partial charge < -0.3 is 9.47 Å². The lowest BCUT2D eigenvalue weighted by Gasteiger charge is -2.10. The van der Waals surface area contributed by atoms with Gasteiger partial charge in [0.15, 0.2) is 0 Å². The monoisotopic (exact) mass is 210 g/mol. The summed E-state index contributed by atoms with van der Waals surface area (Å²) in [6, 6.07) is 0. The first kappa shape index (κ1) is 10.3. The summed E-state index contributed by atoms with van der Waals surface area (Å²) in [5.41, 5.74) is 0. The van der Waals surface area contributed by atoms with Gasteiger partial charge in [0.25, 0.3) is 10.1 Å². The Kier molecular flexibility index (Phi) is 2.77. The first-order valence-electron chi connectivity index (χ1n) is 3.69. The highest BCUT2D eigenvalue weighted by atomic mass is 32.2. The van der Waals surface area contributed by atoms with Crippen LogP contribution >= 0.6 is 0 Å². The van der Waals surface area contributed by atoms with Gasteiger partial charge in [0.1, 0.15) is 12.7 Å². The number of rotatable bonds is 3. The third-order valence-corrected chi connectivity index (χ3v) is 2.96. The van der Waals surface area contributed by atoms with E-state index in [1.165, 1.54) is 6.92 Å². The molecule has 0 aromatic heterocycles. The molecule has 2 unspecified atom stereocenters. The molecule has 1 fully saturated rings. The van der Waals surface area contributed by atoms with Crippen LogP contribution in [0, 0.1) is 0 Å². The summed E-state index contributed by atoms with van der Waals surface area (Å²) < 4.78 is 38.8. The fraction of sp³-hybridized carbons (Fsp3) is 0.833. The van der Waals surface area contributed by atoms with E-state index < -0.39 is 27.6 Å². The van der Waals surface area contributed by atoms with Crippen LogP contribution in [0.4, 0.5) is 4.79 Å². The van der Waals surface area contributed by atoms with Gasteiger partial charge in [-0.2, -0.15) is 8.42 Å². The Balaban J connectivity index is 2.46. The Morgan fingerprint density at radius 2 is 2.31 bits per heavy atom. The molecule has 1 heterocycles. The van der Waals surface area contributed by atoms with E-state index in [2.05, 4.69) is 9.47 Å². The van der Waals surface area contributed by atoms with Crippen LogP contribution < -0.4 is 0 Å². The lowest BCUT2D eigenvalue weighted by atomic mass is 10.2. The predicted molar refractivity (Wildman–Crippen MR) is 41.8 cm³/mol. The molecule has 0 aromatic rings. The largest absolute Gasteiger partial charge is 0.508 e. The summed E-state index contributed by atoms with van der Waals surface area (Å²) in [6.07, 6.45) is -1.33. The van der Waals surface area contributed by atoms with Crippen LogP contribution in [0.2, 0.25) is 0 Å². The molecule has 1 N–H and O–H groups in total. The molecule has 0 saturated carbocycles. The van der Waals surface area contributed by atoms with E-state index >= 15 is 0 Å². The van der Waals surface area contributed by atoms with E-state index in [0.29, 0.717) is 0 Å². The van der Waals surface area contributed by atoms with E-state index in [0.717, 1.165) is 0 Å². The lowest BCUT2D eigenvalue weighted by molar-refractivity contribution is 0.116. The Morgan fingerprint density at radius 1 is 1.69 bits per heavy atom. The van der Waals surface area contributed by atoms with Crippen molar-refractivity contribution in [3.63, 3.8) is 0 Å². The van der Waals surface area contributed by atoms with Crippen molar-refractivity contribution in [2.24, 2.45) is 0 Å². The van der Waals surface area contributed by atoms with Gasteiger partial charge in [-0.15, -0.1) is 0 Å². The van der Waals surface area contributed by atoms with Gasteiger partial charge in [0, 0.05) is 6.42 Å². The minimum absolute atomic E-state index is 0.0404. The molecule has 0 amide bonds. The van der Waals surface area contributed by atoms with Crippen LogP contribution in [0.25, 0.3) is 0 Å². The van der Waals surface area contributed by atoms with Gasteiger partial charge >= 0.3 is 6.16 Å². The van der Waals surface area contributed by atoms with Crippen molar-refractivity contribution >= 4 is 16.3 Å². The molecule has 76 valence electrons. The minimum Gasteiger partial charge on any atom is -0.430 e. The average Bonchev–Trinajstić information content (AvgIpc) is 2.33. The molecule has 0 bridgehead atoms. The first-order chi connectivity index (χ1) is 5.89. The zero-order valence-electron chi connectivity index (χ0n) is 6.97. The van der Waals surface area contributed by atoms with Crippen molar-refractivity contribution < 1.29 is 27.2 Å². The van der Waals surface area contributed by atoms with E-state index in [9.17, 15) is 13.2 Å². The van der Waals surface area contributed by atoms with Gasteiger partial charge in [-0.25, -0.2) is 4.79 Å². The van der Waals surface area contributed by atoms with Gasteiger partial charge in [-0.05, 0) is 6.92 Å². The maximum Gasteiger partial charge on any atom is 0.508 e. The maximum atomic E-state index is 10.6. The smallest absolute Gasteiger partial charge is 0.430 e. The molecule has 1 aliphatic rings. The van der Waals surface area contributed by atoms with Crippen molar-refractivity contribution in [1.29, 1.82) is 0 Å². The fourth-order valence-corrected chi connectivity index (χ4v) is 1.43. The van der Waals surface area contributed by atoms with Gasteiger partial charge in [0.05, 0.1) is 5.25 Å². The molecule has 0 aliphatic carbocycles. The zero-order chi connectivity index (χ0) is 10.1. The van der Waals surface area contributed by atoms with Gasteiger partial charge in [-0.3, -0.25) is 4.55 Å². The number of hydrogen-bond donors (Lipinski definition) is 1. The van der Waals surface area contributed by atoms with Gasteiger partial charge in [0.2, 0.25) is 0 Å². The third-order valence-electron chi connectivity index (χ3n) is 1.75. The van der Waals surface area contributed by atoms with Crippen LogP contribution in [0.3, 0.4) is 0 Å². The van der Waals surface area contributed by atoms with Gasteiger partial charge in [-0.1, -0.05) is 0 Å². The molecule has 2 atom stereocenters. The van der Waals surface area contributed by atoms with E-state index in [1.807, 2.05) is 0 Å². The lowest BCUT2D eigenvalue weighted by Crippen LogP contribution is -2.24. The van der Waals surface area contributed by atoms with Crippen LogP contribution in [0.1, 0.15) is 13.3 Å². The predicted octanol–water partition coefficient (Wildman–Crippen LogP) is 0.188. The summed E-state index contributed by atoms with van der Waals surface area (Å²) in [5, 5.41) is -0.952. The molecular formula is C6H10O6S. The number of carbonyl (C=O) groups excluding carboxylic acids is 1. The average molecular weight is 210 g/mol. The Labute approximate surface area is 75.6 Å². The molecule has 0 radical (unpaired) electrons. The molecule has 1 rings (SSSR count). The maximum absolute atomic E-state index is 10.6. The van der Waals surface area contributed by atoms with Crippen molar-refractivity contribution in [3.8, 4) is 0 Å². The Bertz CT molecular complexity index is 294. The summed E-state index contributed by atoms with van der Waals surface area (Å²) in [6.45, 7) is 1.38. The number of hydrogen-bond acceptors (Lipinski definition) is 5. The SMILES string of the molecule is CC(CC1COC(=O)O1)S(=O)(=O)O. The Hall–Kier alpha value is -0.820. The highest BCUT2D eigenvalue weighted by Gasteiger charge is 2.30. The molecule has 7 heteroatoms. The second kappa shape index (κ2) is 3.51. The second-order valence-electron chi connectivity index (χ2n) is 2.86. The van der Waals surface area contributed by atoms with Crippen molar-refractivity contribution in [2.45, 2.75) is 24.7 Å². The minimum atomic E-state index is -4.05. The summed E-state index contributed by atoms with van der Waals surface area (Å²) in [7, 11) is -4.05. The molecule has 1 aliphatic heterocycles. The van der Waals surface area contributed by atoms with Crippen LogP contribution in [-0.2, 0) is 19.6 Å². The highest BCUT2D eigenvalue weighted by molar-refractivity contribution is 7.86. The van der Waals surface area contributed by atoms with Crippen LogP contribution in [0.5, 0.6) is 0 Å². The molecule has 0 spiro atoms. The molecule has 6 nitrogen and oxygen atoms in total.